The number of allylic oxidation sites excluding steroid dienone is 1. The summed E-state index contributed by atoms with van der Waals surface area (Å²) in [7, 11) is -1.72. The lowest BCUT2D eigenvalue weighted by Gasteiger charge is -2.32. The van der Waals surface area contributed by atoms with Crippen LogP contribution in [0.2, 0.25) is 0 Å². The lowest BCUT2D eigenvalue weighted by atomic mass is 9.99. The minimum absolute atomic E-state index is 0.0231. The van der Waals surface area contributed by atoms with Crippen LogP contribution in [0, 0.1) is 20.8 Å². The standard InChI is InChI=1S/C33H39N7O4S/c1-6-7-33(8-9-33)45(43,44)40-20-22(3)29-26(30(41)34-19-27-21(2)14-23(4)37-31(27)42)15-24(16-28(29)40)25-17-35-32(36-18-25)39-12-10-38(5)11-13-39/h6,14-18,20H,1,7-13,19H2,2-5H3,(H,34,41)(H,37,42). The second-order valence-corrected chi connectivity index (χ2v) is 14.6. The molecule has 45 heavy (non-hydrogen) atoms. The number of hydrogen-bond acceptors (Lipinski definition) is 8. The van der Waals surface area contributed by atoms with E-state index in [0.29, 0.717) is 63.9 Å². The number of nitrogens with zero attached hydrogens (tertiary/aromatic N) is 5. The minimum Gasteiger partial charge on any atom is -0.348 e. The number of piperazine rings is 1. The number of carbonyl (C=O) groups excluding carboxylic acids is 1. The summed E-state index contributed by atoms with van der Waals surface area (Å²) in [6.45, 7) is 12.8. The van der Waals surface area contributed by atoms with Crippen molar-refractivity contribution < 1.29 is 13.2 Å². The minimum atomic E-state index is -3.81. The van der Waals surface area contributed by atoms with Crippen LogP contribution in [0.1, 0.15) is 52.0 Å². The molecule has 2 fully saturated rings. The van der Waals surface area contributed by atoms with Gasteiger partial charge in [0, 0.05) is 79.1 Å². The molecule has 1 aliphatic heterocycles. The first-order chi connectivity index (χ1) is 21.4. The Hall–Kier alpha value is -4.29. The number of aryl methyl sites for hydroxylation is 3. The number of pyridine rings is 1. The fourth-order valence-electron chi connectivity index (χ4n) is 6.25. The molecule has 1 aliphatic carbocycles. The van der Waals surface area contributed by atoms with E-state index in [9.17, 15) is 18.0 Å². The summed E-state index contributed by atoms with van der Waals surface area (Å²) < 4.78 is 28.6. The average molecular weight is 630 g/mol. The van der Waals surface area contributed by atoms with Gasteiger partial charge in [0.15, 0.2) is 0 Å². The van der Waals surface area contributed by atoms with E-state index in [1.165, 1.54) is 3.97 Å². The number of benzene rings is 1. The quantitative estimate of drug-likeness (QED) is 0.268. The molecular weight excluding hydrogens is 590 g/mol. The van der Waals surface area contributed by atoms with Crippen LogP contribution < -0.4 is 15.8 Å². The summed E-state index contributed by atoms with van der Waals surface area (Å²) in [6.07, 6.45) is 8.15. The Balaban J connectivity index is 1.43. The van der Waals surface area contributed by atoms with Crippen molar-refractivity contribution in [3.05, 3.63) is 87.7 Å². The Morgan fingerprint density at radius 3 is 2.36 bits per heavy atom. The van der Waals surface area contributed by atoms with Crippen molar-refractivity contribution in [2.75, 3.05) is 38.1 Å². The number of likely N-dealkylation sites (N-methyl/N-ethyl adjacent to an activating group) is 1. The summed E-state index contributed by atoms with van der Waals surface area (Å²) >= 11 is 0. The highest BCUT2D eigenvalue weighted by Crippen LogP contribution is 2.49. The maximum Gasteiger partial charge on any atom is 0.253 e. The molecule has 2 aliphatic rings. The van der Waals surface area contributed by atoms with Gasteiger partial charge >= 0.3 is 0 Å². The molecule has 11 nitrogen and oxygen atoms in total. The van der Waals surface area contributed by atoms with Crippen LogP contribution in [0.25, 0.3) is 22.0 Å². The van der Waals surface area contributed by atoms with Crippen LogP contribution in [-0.2, 0) is 16.6 Å². The Kier molecular flexibility index (Phi) is 7.90. The third-order valence-electron chi connectivity index (χ3n) is 9.11. The van der Waals surface area contributed by atoms with Crippen molar-refractivity contribution in [3.8, 4) is 11.1 Å². The van der Waals surface area contributed by atoms with Crippen LogP contribution in [-0.4, -0.2) is 76.1 Å². The highest BCUT2D eigenvalue weighted by Gasteiger charge is 2.54. The van der Waals surface area contributed by atoms with E-state index in [0.717, 1.165) is 37.4 Å². The second kappa shape index (κ2) is 11.6. The lowest BCUT2D eigenvalue weighted by molar-refractivity contribution is 0.0952. The first kappa shape index (κ1) is 30.7. The average Bonchev–Trinajstić information content (AvgIpc) is 3.73. The number of nitrogens with one attached hydrogen (secondary N) is 2. The number of hydrogen-bond donors (Lipinski definition) is 2. The number of amides is 1. The van der Waals surface area contributed by atoms with Gasteiger partial charge in [-0.25, -0.2) is 22.4 Å². The van der Waals surface area contributed by atoms with Gasteiger partial charge in [0.25, 0.3) is 11.5 Å². The third kappa shape index (κ3) is 5.57. The van der Waals surface area contributed by atoms with E-state index in [-0.39, 0.29) is 12.1 Å². The molecule has 0 spiro atoms. The molecule has 0 radical (unpaired) electrons. The molecule has 0 bridgehead atoms. The first-order valence-electron chi connectivity index (χ1n) is 15.2. The molecule has 3 aromatic heterocycles. The van der Waals surface area contributed by atoms with Gasteiger partial charge in [0.05, 0.1) is 10.3 Å². The molecule has 2 N–H and O–H groups in total. The summed E-state index contributed by atoms with van der Waals surface area (Å²) in [6, 6.07) is 5.40. The number of fused-ring (bicyclic) bond motifs is 1. The zero-order chi connectivity index (χ0) is 32.1. The second-order valence-electron chi connectivity index (χ2n) is 12.4. The normalized spacial score (nSPS) is 16.6. The molecule has 12 heteroatoms. The maximum atomic E-state index is 14.1. The van der Waals surface area contributed by atoms with Crippen LogP contribution in [0.5, 0.6) is 0 Å². The van der Waals surface area contributed by atoms with Crippen molar-refractivity contribution in [1.82, 2.24) is 29.1 Å². The van der Waals surface area contributed by atoms with Gasteiger partial charge in [0.2, 0.25) is 16.0 Å². The van der Waals surface area contributed by atoms with Crippen molar-refractivity contribution in [3.63, 3.8) is 0 Å². The molecule has 4 heterocycles. The smallest absolute Gasteiger partial charge is 0.253 e. The van der Waals surface area contributed by atoms with Gasteiger partial charge in [-0.15, -0.1) is 6.58 Å². The van der Waals surface area contributed by atoms with E-state index in [4.69, 9.17) is 0 Å². The zero-order valence-corrected chi connectivity index (χ0v) is 27.0. The van der Waals surface area contributed by atoms with Crippen molar-refractivity contribution in [2.24, 2.45) is 0 Å². The molecule has 0 atom stereocenters. The number of aromatic nitrogens is 4. The molecule has 0 unspecified atom stereocenters. The fraction of sp³-hybridized carbons (Fsp3) is 0.394. The van der Waals surface area contributed by atoms with Gasteiger partial charge < -0.3 is 20.1 Å². The molecule has 1 aromatic carbocycles. The third-order valence-corrected chi connectivity index (χ3v) is 11.6. The number of anilines is 1. The predicted molar refractivity (Wildman–Crippen MR) is 176 cm³/mol. The molecule has 1 amide bonds. The Labute approximate surface area is 263 Å². The molecule has 1 saturated heterocycles. The zero-order valence-electron chi connectivity index (χ0n) is 26.2. The number of carbonyl (C=O) groups is 1. The van der Waals surface area contributed by atoms with Gasteiger partial charge in [-0.05, 0) is 82.0 Å². The van der Waals surface area contributed by atoms with E-state index in [1.54, 1.807) is 43.7 Å². The van der Waals surface area contributed by atoms with E-state index in [1.807, 2.05) is 19.9 Å². The fourth-order valence-corrected chi connectivity index (χ4v) is 8.32. The number of H-pyrrole nitrogens is 1. The van der Waals surface area contributed by atoms with Crippen LogP contribution in [0.4, 0.5) is 5.95 Å². The summed E-state index contributed by atoms with van der Waals surface area (Å²) in [5.41, 5.74) is 4.38. The lowest BCUT2D eigenvalue weighted by Crippen LogP contribution is -2.45. The van der Waals surface area contributed by atoms with Crippen molar-refractivity contribution >= 4 is 32.8 Å². The van der Waals surface area contributed by atoms with Crippen LogP contribution in [0.15, 0.2) is 54.2 Å². The number of aromatic amines is 1. The predicted octanol–water partition coefficient (Wildman–Crippen LogP) is 3.68. The SMILES string of the molecule is C=CCC1(S(=O)(=O)n2cc(C)c3c(C(=O)NCc4c(C)cc(C)[nH]c4=O)cc(-c4cnc(N5CCN(C)CC5)nc4)cc32)CC1. The molecule has 236 valence electrons. The Bertz CT molecular complexity index is 1970. The maximum absolute atomic E-state index is 14.1. The van der Waals surface area contributed by atoms with Crippen molar-refractivity contribution in [2.45, 2.75) is 51.3 Å². The Morgan fingerprint density at radius 1 is 1.04 bits per heavy atom. The molecule has 6 rings (SSSR count). The molecule has 4 aromatic rings. The van der Waals surface area contributed by atoms with Gasteiger partial charge in [-0.2, -0.15) is 0 Å². The first-order valence-corrected chi connectivity index (χ1v) is 16.6. The topological polar surface area (TPSA) is 133 Å². The summed E-state index contributed by atoms with van der Waals surface area (Å²) in [5.74, 6) is 0.216. The largest absolute Gasteiger partial charge is 0.348 e. The van der Waals surface area contributed by atoms with Crippen molar-refractivity contribution in [1.29, 1.82) is 0 Å². The molecule has 1 saturated carbocycles. The van der Waals surface area contributed by atoms with E-state index in [2.05, 4.69) is 43.7 Å². The van der Waals surface area contributed by atoms with Gasteiger partial charge in [-0.3, -0.25) is 9.59 Å². The molecular formula is C33H39N7O4S. The summed E-state index contributed by atoms with van der Waals surface area (Å²) in [5, 5.41) is 3.45. The van der Waals surface area contributed by atoms with Crippen LogP contribution >= 0.6 is 0 Å². The number of rotatable bonds is 9. The monoisotopic (exact) mass is 629 g/mol. The highest BCUT2D eigenvalue weighted by atomic mass is 32.2. The van der Waals surface area contributed by atoms with Gasteiger partial charge in [0.1, 0.15) is 0 Å². The van der Waals surface area contributed by atoms with Gasteiger partial charge in [-0.1, -0.05) is 6.08 Å². The summed E-state index contributed by atoms with van der Waals surface area (Å²) in [4.78, 5) is 43.0. The van der Waals surface area contributed by atoms with E-state index < -0.39 is 20.7 Å². The van der Waals surface area contributed by atoms with E-state index >= 15 is 0 Å². The Morgan fingerprint density at radius 2 is 1.73 bits per heavy atom. The van der Waals surface area contributed by atoms with Crippen LogP contribution in [0.3, 0.4) is 0 Å². The highest BCUT2D eigenvalue weighted by molar-refractivity contribution is 7.91.